The molecule has 1 N–H and O–H groups in total. The zero-order valence-corrected chi connectivity index (χ0v) is 9.06. The number of hydrogen-bond acceptors (Lipinski definition) is 2. The van der Waals surface area contributed by atoms with Crippen LogP contribution in [0, 0.1) is 0 Å². The van der Waals surface area contributed by atoms with Gasteiger partial charge in [-0.15, -0.1) is 0 Å². The van der Waals surface area contributed by atoms with Crippen LogP contribution in [0.15, 0.2) is 24.3 Å². The average Bonchev–Trinajstić information content (AvgIpc) is 2.26. The number of aryl methyl sites for hydroxylation is 1. The highest BCUT2D eigenvalue weighted by molar-refractivity contribution is 5.71. The molecule has 1 aromatic rings. The van der Waals surface area contributed by atoms with Gasteiger partial charge in [0.1, 0.15) is 0 Å². The fourth-order valence-corrected chi connectivity index (χ4v) is 1.16. The van der Waals surface area contributed by atoms with Gasteiger partial charge in [0.05, 0.1) is 6.61 Å². The first-order valence-electron chi connectivity index (χ1n) is 5.05. The second kappa shape index (κ2) is 5.51. The predicted octanol–water partition coefficient (Wildman–Crippen LogP) is 2.24. The zero-order valence-electron chi connectivity index (χ0n) is 9.06. The number of carboxylic acids is 1. The van der Waals surface area contributed by atoms with Gasteiger partial charge in [-0.05, 0) is 24.5 Å². The second-order valence-electron chi connectivity index (χ2n) is 3.46. The van der Waals surface area contributed by atoms with Gasteiger partial charge in [-0.3, -0.25) is 0 Å². The third-order valence-corrected chi connectivity index (χ3v) is 2.28. The Morgan fingerprint density at radius 1 is 1.33 bits per heavy atom. The topological polar surface area (TPSA) is 46.5 Å². The highest BCUT2D eigenvalue weighted by Gasteiger charge is 2.10. The maximum Gasteiger partial charge on any atom is 0.332 e. The Morgan fingerprint density at radius 2 is 1.87 bits per heavy atom. The van der Waals surface area contributed by atoms with Crippen LogP contribution in [0.5, 0.6) is 0 Å². The fourth-order valence-electron chi connectivity index (χ4n) is 1.16. The van der Waals surface area contributed by atoms with Gasteiger partial charge >= 0.3 is 5.97 Å². The van der Waals surface area contributed by atoms with Gasteiger partial charge in [-0.1, -0.05) is 31.2 Å². The summed E-state index contributed by atoms with van der Waals surface area (Å²) in [5.74, 6) is -0.930. The maximum absolute atomic E-state index is 10.5. The number of carboxylic acid groups (broad SMARTS) is 1. The molecule has 0 aromatic heterocycles. The Balaban J connectivity index is 2.47. The largest absolute Gasteiger partial charge is 0.479 e. The molecule has 82 valence electrons. The number of carbonyl (C=O) groups is 1. The molecule has 1 rings (SSSR count). The lowest BCUT2D eigenvalue weighted by Crippen LogP contribution is -2.19. The molecule has 0 bridgehead atoms. The Hall–Kier alpha value is -1.35. The van der Waals surface area contributed by atoms with E-state index in [9.17, 15) is 4.79 Å². The van der Waals surface area contributed by atoms with E-state index in [1.807, 2.05) is 24.3 Å². The van der Waals surface area contributed by atoms with E-state index in [0.29, 0.717) is 6.61 Å². The molecule has 1 atom stereocenters. The lowest BCUT2D eigenvalue weighted by atomic mass is 10.1. The van der Waals surface area contributed by atoms with Gasteiger partial charge in [0, 0.05) is 0 Å². The number of hydrogen-bond donors (Lipinski definition) is 1. The van der Waals surface area contributed by atoms with E-state index in [4.69, 9.17) is 9.84 Å². The van der Waals surface area contributed by atoms with E-state index in [1.165, 1.54) is 12.5 Å². The minimum Gasteiger partial charge on any atom is -0.479 e. The monoisotopic (exact) mass is 208 g/mol. The molecule has 0 saturated heterocycles. The minimum atomic E-state index is -0.930. The number of benzene rings is 1. The molecule has 0 amide bonds. The SMILES string of the molecule is CCc1ccc(CO[C@H](C)C(=O)O)cc1. The molecule has 0 fully saturated rings. The molecular formula is C12H16O3. The van der Waals surface area contributed by atoms with Crippen LogP contribution in [0.4, 0.5) is 0 Å². The molecule has 0 radical (unpaired) electrons. The lowest BCUT2D eigenvalue weighted by Gasteiger charge is -2.08. The summed E-state index contributed by atoms with van der Waals surface area (Å²) in [4.78, 5) is 10.5. The van der Waals surface area contributed by atoms with E-state index >= 15 is 0 Å². The number of aliphatic carboxylic acids is 1. The molecular weight excluding hydrogens is 192 g/mol. The third-order valence-electron chi connectivity index (χ3n) is 2.28. The van der Waals surface area contributed by atoms with E-state index in [2.05, 4.69) is 6.92 Å². The zero-order chi connectivity index (χ0) is 11.3. The highest BCUT2D eigenvalue weighted by atomic mass is 16.5. The van der Waals surface area contributed by atoms with Gasteiger partial charge in [-0.25, -0.2) is 4.79 Å². The van der Waals surface area contributed by atoms with Crippen LogP contribution >= 0.6 is 0 Å². The average molecular weight is 208 g/mol. The summed E-state index contributed by atoms with van der Waals surface area (Å²) in [5, 5.41) is 8.62. The summed E-state index contributed by atoms with van der Waals surface area (Å²) >= 11 is 0. The standard InChI is InChI=1S/C12H16O3/c1-3-10-4-6-11(7-5-10)8-15-9(2)12(13)14/h4-7,9H,3,8H2,1-2H3,(H,13,14)/t9-/m1/s1. The highest BCUT2D eigenvalue weighted by Crippen LogP contribution is 2.07. The van der Waals surface area contributed by atoms with Crippen molar-refractivity contribution in [2.75, 3.05) is 0 Å². The molecule has 1 aromatic carbocycles. The van der Waals surface area contributed by atoms with Crippen LogP contribution in [0.25, 0.3) is 0 Å². The molecule has 0 spiro atoms. The molecule has 3 heteroatoms. The molecule has 0 heterocycles. The molecule has 0 aliphatic carbocycles. The summed E-state index contributed by atoms with van der Waals surface area (Å²) in [7, 11) is 0. The van der Waals surface area contributed by atoms with Crippen LogP contribution < -0.4 is 0 Å². The summed E-state index contributed by atoms with van der Waals surface area (Å²) in [6, 6.07) is 8.00. The van der Waals surface area contributed by atoms with Gasteiger partial charge in [-0.2, -0.15) is 0 Å². The molecule has 0 unspecified atom stereocenters. The molecule has 15 heavy (non-hydrogen) atoms. The molecule has 0 saturated carbocycles. The quantitative estimate of drug-likeness (QED) is 0.807. The molecule has 0 aliphatic heterocycles. The Morgan fingerprint density at radius 3 is 2.33 bits per heavy atom. The van der Waals surface area contributed by atoms with Gasteiger partial charge in [0.15, 0.2) is 6.10 Å². The van der Waals surface area contributed by atoms with Crippen molar-refractivity contribution in [2.24, 2.45) is 0 Å². The maximum atomic E-state index is 10.5. The first-order valence-corrected chi connectivity index (χ1v) is 5.05. The van der Waals surface area contributed by atoms with Crippen molar-refractivity contribution in [2.45, 2.75) is 33.0 Å². The summed E-state index contributed by atoms with van der Waals surface area (Å²) in [6.45, 7) is 3.97. The first kappa shape index (κ1) is 11.7. The van der Waals surface area contributed by atoms with Gasteiger partial charge in [0.25, 0.3) is 0 Å². The second-order valence-corrected chi connectivity index (χ2v) is 3.46. The van der Waals surface area contributed by atoms with Crippen molar-refractivity contribution in [3.05, 3.63) is 35.4 Å². The minimum absolute atomic E-state index is 0.345. The van der Waals surface area contributed by atoms with Crippen molar-refractivity contribution in [3.8, 4) is 0 Å². The number of ether oxygens (including phenoxy) is 1. The fraction of sp³-hybridized carbons (Fsp3) is 0.417. The van der Waals surface area contributed by atoms with Crippen LogP contribution in [0.2, 0.25) is 0 Å². The smallest absolute Gasteiger partial charge is 0.332 e. The predicted molar refractivity (Wildman–Crippen MR) is 57.7 cm³/mol. The van der Waals surface area contributed by atoms with E-state index in [-0.39, 0.29) is 0 Å². The van der Waals surface area contributed by atoms with Crippen molar-refractivity contribution >= 4 is 5.97 Å². The third kappa shape index (κ3) is 3.72. The van der Waals surface area contributed by atoms with Crippen LogP contribution in [-0.2, 0) is 22.6 Å². The lowest BCUT2D eigenvalue weighted by molar-refractivity contribution is -0.149. The normalized spacial score (nSPS) is 12.4. The van der Waals surface area contributed by atoms with Crippen LogP contribution in [0.1, 0.15) is 25.0 Å². The molecule has 3 nitrogen and oxygen atoms in total. The Kier molecular flexibility index (Phi) is 4.31. The van der Waals surface area contributed by atoms with Crippen molar-refractivity contribution in [3.63, 3.8) is 0 Å². The van der Waals surface area contributed by atoms with Crippen LogP contribution in [-0.4, -0.2) is 17.2 Å². The Labute approximate surface area is 89.7 Å². The van der Waals surface area contributed by atoms with Gasteiger partial charge in [0.2, 0.25) is 0 Å². The van der Waals surface area contributed by atoms with E-state index in [1.54, 1.807) is 0 Å². The first-order chi connectivity index (χ1) is 7.13. The molecule has 0 aliphatic rings. The summed E-state index contributed by atoms with van der Waals surface area (Å²) in [6.07, 6.45) is 0.253. The summed E-state index contributed by atoms with van der Waals surface area (Å²) < 4.78 is 5.16. The van der Waals surface area contributed by atoms with Crippen molar-refractivity contribution in [1.29, 1.82) is 0 Å². The van der Waals surface area contributed by atoms with Crippen molar-refractivity contribution < 1.29 is 14.6 Å². The van der Waals surface area contributed by atoms with E-state index in [0.717, 1.165) is 12.0 Å². The van der Waals surface area contributed by atoms with Crippen LogP contribution in [0.3, 0.4) is 0 Å². The number of rotatable bonds is 5. The van der Waals surface area contributed by atoms with Gasteiger partial charge < -0.3 is 9.84 Å². The van der Waals surface area contributed by atoms with E-state index < -0.39 is 12.1 Å². The van der Waals surface area contributed by atoms with Crippen molar-refractivity contribution in [1.82, 2.24) is 0 Å². The Bertz CT molecular complexity index is 316. The summed E-state index contributed by atoms with van der Waals surface area (Å²) in [5.41, 5.74) is 2.27.